The predicted octanol–water partition coefficient (Wildman–Crippen LogP) is 2.25. The van der Waals surface area contributed by atoms with Crippen molar-refractivity contribution in [2.75, 3.05) is 20.0 Å². The number of thioether (sulfide) groups is 1. The van der Waals surface area contributed by atoms with Gasteiger partial charge in [-0.1, -0.05) is 24.0 Å². The smallest absolute Gasteiger partial charge is 0.145 e. The minimum absolute atomic E-state index is 0.499. The van der Waals surface area contributed by atoms with Gasteiger partial charge in [-0.3, -0.25) is 0 Å². The van der Waals surface area contributed by atoms with Gasteiger partial charge in [0.15, 0.2) is 0 Å². The maximum atomic E-state index is 10.3. The number of hydrogen-bond acceptors (Lipinski definition) is 5. The summed E-state index contributed by atoms with van der Waals surface area (Å²) in [4.78, 5) is 1.81. The standard InChI is InChI=1S/C13H17NO3S2/c1-13(15)8-19-12(18)14(13)7-9-6-10(16-2)4-5-11(9)17-3/h4-6,15H,7-8H2,1-3H3. The van der Waals surface area contributed by atoms with Crippen LogP contribution in [0, 0.1) is 0 Å². The summed E-state index contributed by atoms with van der Waals surface area (Å²) in [7, 11) is 3.25. The van der Waals surface area contributed by atoms with Gasteiger partial charge in [0.1, 0.15) is 21.5 Å². The lowest BCUT2D eigenvalue weighted by Crippen LogP contribution is -2.43. The van der Waals surface area contributed by atoms with Crippen molar-refractivity contribution in [1.82, 2.24) is 4.90 Å². The first-order valence-electron chi connectivity index (χ1n) is 5.85. The van der Waals surface area contributed by atoms with E-state index in [0.29, 0.717) is 16.6 Å². The number of aliphatic hydroxyl groups is 1. The molecule has 0 aliphatic carbocycles. The third kappa shape index (κ3) is 2.96. The van der Waals surface area contributed by atoms with Crippen molar-refractivity contribution >= 4 is 28.3 Å². The van der Waals surface area contributed by atoms with Gasteiger partial charge in [-0.25, -0.2) is 0 Å². The van der Waals surface area contributed by atoms with Crippen molar-refractivity contribution in [3.63, 3.8) is 0 Å². The molecule has 2 rings (SSSR count). The molecule has 1 N–H and O–H groups in total. The first-order chi connectivity index (χ1) is 8.97. The number of hydrogen-bond donors (Lipinski definition) is 1. The third-order valence-corrected chi connectivity index (χ3v) is 4.82. The Bertz CT molecular complexity index is 491. The summed E-state index contributed by atoms with van der Waals surface area (Å²) >= 11 is 6.78. The number of methoxy groups -OCH3 is 2. The van der Waals surface area contributed by atoms with Crippen LogP contribution in [0.2, 0.25) is 0 Å². The van der Waals surface area contributed by atoms with E-state index in [1.54, 1.807) is 21.1 Å². The Labute approximate surface area is 122 Å². The van der Waals surface area contributed by atoms with E-state index in [4.69, 9.17) is 21.7 Å². The van der Waals surface area contributed by atoms with E-state index in [1.807, 2.05) is 23.1 Å². The van der Waals surface area contributed by atoms with Crippen LogP contribution in [-0.2, 0) is 6.54 Å². The van der Waals surface area contributed by atoms with Gasteiger partial charge in [-0.2, -0.15) is 0 Å². The average Bonchev–Trinajstić information content (AvgIpc) is 2.65. The fourth-order valence-corrected chi connectivity index (χ4v) is 3.37. The maximum Gasteiger partial charge on any atom is 0.145 e. The highest BCUT2D eigenvalue weighted by Crippen LogP contribution is 2.35. The van der Waals surface area contributed by atoms with Gasteiger partial charge in [0.2, 0.25) is 0 Å². The molecule has 1 aromatic carbocycles. The lowest BCUT2D eigenvalue weighted by Gasteiger charge is -2.31. The van der Waals surface area contributed by atoms with Crippen LogP contribution >= 0.6 is 24.0 Å². The highest BCUT2D eigenvalue weighted by atomic mass is 32.2. The van der Waals surface area contributed by atoms with Crippen LogP contribution in [0.4, 0.5) is 0 Å². The highest BCUT2D eigenvalue weighted by Gasteiger charge is 2.38. The number of thiocarbonyl (C=S) groups is 1. The molecule has 0 aromatic heterocycles. The summed E-state index contributed by atoms with van der Waals surface area (Å²) in [5.74, 6) is 2.10. The van der Waals surface area contributed by atoms with Crippen molar-refractivity contribution in [3.05, 3.63) is 23.8 Å². The van der Waals surface area contributed by atoms with Crippen LogP contribution in [0.3, 0.4) is 0 Å². The zero-order valence-corrected chi connectivity index (χ0v) is 12.8. The summed E-state index contributed by atoms with van der Waals surface area (Å²) in [6, 6.07) is 5.60. The van der Waals surface area contributed by atoms with Crippen molar-refractivity contribution in [2.24, 2.45) is 0 Å². The van der Waals surface area contributed by atoms with Crippen molar-refractivity contribution in [3.8, 4) is 11.5 Å². The lowest BCUT2D eigenvalue weighted by atomic mass is 10.1. The predicted molar refractivity (Wildman–Crippen MR) is 80.8 cm³/mol. The Balaban J connectivity index is 2.29. The second kappa shape index (κ2) is 5.56. The largest absolute Gasteiger partial charge is 0.497 e. The van der Waals surface area contributed by atoms with E-state index in [0.717, 1.165) is 17.1 Å². The van der Waals surface area contributed by atoms with E-state index < -0.39 is 5.72 Å². The average molecular weight is 299 g/mol. The first kappa shape index (κ1) is 14.4. The van der Waals surface area contributed by atoms with E-state index >= 15 is 0 Å². The van der Waals surface area contributed by atoms with E-state index in [1.165, 1.54) is 11.8 Å². The Morgan fingerprint density at radius 2 is 2.16 bits per heavy atom. The lowest BCUT2D eigenvalue weighted by molar-refractivity contribution is -0.0273. The molecule has 1 atom stereocenters. The number of nitrogens with zero attached hydrogens (tertiary/aromatic N) is 1. The van der Waals surface area contributed by atoms with Gasteiger partial charge in [-0.15, -0.1) is 0 Å². The van der Waals surface area contributed by atoms with E-state index in [9.17, 15) is 5.11 Å². The minimum Gasteiger partial charge on any atom is -0.497 e. The third-order valence-electron chi connectivity index (χ3n) is 3.09. The molecule has 0 saturated carbocycles. The quantitative estimate of drug-likeness (QED) is 0.860. The van der Waals surface area contributed by atoms with Gasteiger partial charge in [-0.05, 0) is 25.1 Å². The van der Waals surface area contributed by atoms with Crippen LogP contribution in [-0.4, -0.2) is 40.0 Å². The molecule has 4 nitrogen and oxygen atoms in total. The number of benzene rings is 1. The fourth-order valence-electron chi connectivity index (χ4n) is 1.96. The molecule has 0 spiro atoms. The molecule has 1 unspecified atom stereocenters. The normalized spacial score (nSPS) is 22.7. The Hall–Kier alpha value is -0.980. The van der Waals surface area contributed by atoms with Crippen molar-refractivity contribution in [1.29, 1.82) is 0 Å². The molecular formula is C13H17NO3S2. The monoisotopic (exact) mass is 299 g/mol. The second-order valence-corrected chi connectivity index (χ2v) is 6.14. The van der Waals surface area contributed by atoms with Gasteiger partial charge in [0.05, 0.1) is 20.8 Å². The van der Waals surface area contributed by atoms with E-state index in [-0.39, 0.29) is 0 Å². The molecule has 1 aliphatic rings. The van der Waals surface area contributed by atoms with Gasteiger partial charge >= 0.3 is 0 Å². The SMILES string of the molecule is COc1ccc(OC)c(CN2C(=S)SCC2(C)O)c1. The first-order valence-corrected chi connectivity index (χ1v) is 7.25. The molecule has 1 saturated heterocycles. The zero-order chi connectivity index (χ0) is 14.0. The van der Waals surface area contributed by atoms with Crippen LogP contribution in [0.15, 0.2) is 18.2 Å². The molecule has 1 aliphatic heterocycles. The summed E-state index contributed by atoms with van der Waals surface area (Å²) in [5.41, 5.74) is 0.0162. The fraction of sp³-hybridized carbons (Fsp3) is 0.462. The molecule has 1 heterocycles. The van der Waals surface area contributed by atoms with E-state index in [2.05, 4.69) is 0 Å². The molecule has 0 bridgehead atoms. The Morgan fingerprint density at radius 1 is 1.42 bits per heavy atom. The summed E-state index contributed by atoms with van der Waals surface area (Å²) in [5, 5.41) is 10.3. The number of rotatable bonds is 4. The summed E-state index contributed by atoms with van der Waals surface area (Å²) in [6.45, 7) is 2.27. The Morgan fingerprint density at radius 3 is 2.68 bits per heavy atom. The molecule has 1 aromatic rings. The molecule has 0 radical (unpaired) electrons. The topological polar surface area (TPSA) is 41.9 Å². The minimum atomic E-state index is -0.921. The maximum absolute atomic E-state index is 10.3. The molecule has 6 heteroatoms. The van der Waals surface area contributed by atoms with Crippen LogP contribution in [0.5, 0.6) is 11.5 Å². The van der Waals surface area contributed by atoms with Crippen LogP contribution < -0.4 is 9.47 Å². The van der Waals surface area contributed by atoms with Crippen LogP contribution in [0.1, 0.15) is 12.5 Å². The number of ether oxygens (including phenoxy) is 2. The molecule has 0 amide bonds. The van der Waals surface area contributed by atoms with Gasteiger partial charge in [0, 0.05) is 11.3 Å². The molecule has 1 fully saturated rings. The second-order valence-electron chi connectivity index (χ2n) is 4.54. The zero-order valence-electron chi connectivity index (χ0n) is 11.2. The molecule has 19 heavy (non-hydrogen) atoms. The summed E-state index contributed by atoms with van der Waals surface area (Å²) in [6.07, 6.45) is 0. The highest BCUT2D eigenvalue weighted by molar-refractivity contribution is 8.23. The van der Waals surface area contributed by atoms with Crippen molar-refractivity contribution < 1.29 is 14.6 Å². The molecule has 104 valence electrons. The summed E-state index contributed by atoms with van der Waals surface area (Å²) < 4.78 is 11.3. The van der Waals surface area contributed by atoms with Crippen LogP contribution in [0.25, 0.3) is 0 Å². The molecular weight excluding hydrogens is 282 g/mol. The van der Waals surface area contributed by atoms with Gasteiger partial charge < -0.3 is 19.5 Å². The van der Waals surface area contributed by atoms with Crippen molar-refractivity contribution in [2.45, 2.75) is 19.2 Å². The van der Waals surface area contributed by atoms with Gasteiger partial charge in [0.25, 0.3) is 0 Å². The Kier molecular flexibility index (Phi) is 4.23.